The first-order valence-electron chi connectivity index (χ1n) is 9.14. The number of halogens is 3. The number of amides is 1. The van der Waals surface area contributed by atoms with Crippen molar-refractivity contribution in [2.45, 2.75) is 57.7 Å². The molecular weight excluding hydrogens is 357 g/mol. The van der Waals surface area contributed by atoms with Gasteiger partial charge in [0.25, 0.3) is 5.91 Å². The molecule has 2 heterocycles. The van der Waals surface area contributed by atoms with Crippen molar-refractivity contribution in [1.29, 1.82) is 0 Å². The Morgan fingerprint density at radius 2 is 2.07 bits per heavy atom. The van der Waals surface area contributed by atoms with Crippen LogP contribution in [-0.4, -0.2) is 32.9 Å². The Bertz CT molecular complexity index is 786. The van der Waals surface area contributed by atoms with E-state index in [1.807, 2.05) is 19.9 Å². The summed E-state index contributed by atoms with van der Waals surface area (Å²) in [7, 11) is 0. The molecule has 2 atom stereocenters. The molecule has 146 valence electrons. The van der Waals surface area contributed by atoms with E-state index in [1.165, 1.54) is 6.20 Å². The number of pyridine rings is 1. The van der Waals surface area contributed by atoms with Crippen LogP contribution in [0.4, 0.5) is 13.2 Å². The number of alkyl halides is 3. The molecule has 5 nitrogen and oxygen atoms in total. The van der Waals surface area contributed by atoms with Gasteiger partial charge in [0, 0.05) is 12.2 Å². The highest BCUT2D eigenvalue weighted by Gasteiger charge is 2.42. The molecule has 1 saturated carbocycles. The van der Waals surface area contributed by atoms with E-state index in [0.717, 1.165) is 0 Å². The van der Waals surface area contributed by atoms with Crippen molar-refractivity contribution in [2.75, 3.05) is 0 Å². The fourth-order valence-corrected chi connectivity index (χ4v) is 3.63. The van der Waals surface area contributed by atoms with Crippen LogP contribution in [0.5, 0.6) is 0 Å². The van der Waals surface area contributed by atoms with Gasteiger partial charge in [-0.1, -0.05) is 26.3 Å². The molecule has 0 aromatic carbocycles. The number of nitrogens with one attached hydrogen (secondary N) is 1. The van der Waals surface area contributed by atoms with Crippen molar-refractivity contribution < 1.29 is 18.0 Å². The minimum atomic E-state index is -4.21. The SMILES string of the molecule is CC(C)c1c(C(=O)N[C@H]2CCC[C@@H](C(F)(F)F)C2)cnn1-c1ccccn1. The molecule has 0 spiro atoms. The normalized spacial score (nSPS) is 20.7. The molecule has 27 heavy (non-hydrogen) atoms. The van der Waals surface area contributed by atoms with Crippen molar-refractivity contribution in [2.24, 2.45) is 5.92 Å². The second-order valence-corrected chi connectivity index (χ2v) is 7.27. The van der Waals surface area contributed by atoms with Crippen LogP contribution in [0.1, 0.15) is 61.5 Å². The maximum absolute atomic E-state index is 13.0. The summed E-state index contributed by atoms with van der Waals surface area (Å²) in [6, 6.07) is 4.93. The highest BCUT2D eigenvalue weighted by Crippen LogP contribution is 2.37. The second kappa shape index (κ2) is 7.70. The quantitative estimate of drug-likeness (QED) is 0.863. The third kappa shape index (κ3) is 4.31. The molecule has 0 saturated heterocycles. The average molecular weight is 380 g/mol. The van der Waals surface area contributed by atoms with Gasteiger partial charge in [0.15, 0.2) is 5.82 Å². The molecule has 2 aromatic rings. The highest BCUT2D eigenvalue weighted by atomic mass is 19.4. The molecule has 1 amide bonds. The number of carbonyl (C=O) groups excluding carboxylic acids is 1. The van der Waals surface area contributed by atoms with Crippen LogP contribution < -0.4 is 5.32 Å². The Kier molecular flexibility index (Phi) is 5.53. The van der Waals surface area contributed by atoms with Gasteiger partial charge in [0.2, 0.25) is 0 Å². The molecule has 0 bridgehead atoms. The smallest absolute Gasteiger partial charge is 0.349 e. The van der Waals surface area contributed by atoms with E-state index in [1.54, 1.807) is 23.0 Å². The predicted octanol–water partition coefficient (Wildman–Crippen LogP) is 4.24. The molecular formula is C19H23F3N4O. The number of aromatic nitrogens is 3. The Morgan fingerprint density at radius 1 is 1.30 bits per heavy atom. The lowest BCUT2D eigenvalue weighted by Gasteiger charge is -2.31. The van der Waals surface area contributed by atoms with Gasteiger partial charge in [-0.3, -0.25) is 4.79 Å². The average Bonchev–Trinajstić information content (AvgIpc) is 3.07. The summed E-state index contributed by atoms with van der Waals surface area (Å²) in [6.45, 7) is 3.88. The number of carbonyl (C=O) groups is 1. The number of hydrogen-bond acceptors (Lipinski definition) is 3. The topological polar surface area (TPSA) is 59.8 Å². The summed E-state index contributed by atoms with van der Waals surface area (Å²) >= 11 is 0. The van der Waals surface area contributed by atoms with Gasteiger partial charge in [-0.25, -0.2) is 9.67 Å². The van der Waals surface area contributed by atoms with Crippen LogP contribution in [0.25, 0.3) is 5.82 Å². The van der Waals surface area contributed by atoms with Crippen molar-refractivity contribution in [3.05, 3.63) is 41.9 Å². The molecule has 1 aliphatic rings. The van der Waals surface area contributed by atoms with Crippen LogP contribution in [0.3, 0.4) is 0 Å². The Hall–Kier alpha value is -2.38. The van der Waals surface area contributed by atoms with Crippen molar-refractivity contribution in [1.82, 2.24) is 20.1 Å². The van der Waals surface area contributed by atoms with Crippen molar-refractivity contribution >= 4 is 5.91 Å². The molecule has 1 fully saturated rings. The van der Waals surface area contributed by atoms with Crippen LogP contribution >= 0.6 is 0 Å². The molecule has 2 aromatic heterocycles. The summed E-state index contributed by atoms with van der Waals surface area (Å²) in [4.78, 5) is 17.0. The van der Waals surface area contributed by atoms with Gasteiger partial charge in [-0.05, 0) is 37.3 Å². The zero-order valence-corrected chi connectivity index (χ0v) is 15.3. The zero-order chi connectivity index (χ0) is 19.6. The van der Waals surface area contributed by atoms with E-state index < -0.39 is 18.1 Å². The van der Waals surface area contributed by atoms with E-state index >= 15 is 0 Å². The first-order chi connectivity index (χ1) is 12.8. The fraction of sp³-hybridized carbons (Fsp3) is 0.526. The molecule has 0 unspecified atom stereocenters. The lowest BCUT2D eigenvalue weighted by molar-refractivity contribution is -0.183. The molecule has 8 heteroatoms. The molecule has 0 aliphatic heterocycles. The number of nitrogens with zero attached hydrogens (tertiary/aromatic N) is 3. The molecule has 1 N–H and O–H groups in total. The molecule has 0 radical (unpaired) electrons. The predicted molar refractivity (Wildman–Crippen MR) is 94.7 cm³/mol. The molecule has 1 aliphatic carbocycles. The Morgan fingerprint density at radius 3 is 2.70 bits per heavy atom. The summed E-state index contributed by atoms with van der Waals surface area (Å²) in [5.74, 6) is -1.15. The standard InChI is InChI=1S/C19H23F3N4O/c1-12(2)17-15(11-24-26(17)16-8-3-4-9-23-16)18(27)25-14-7-5-6-13(10-14)19(20,21)22/h3-4,8-9,11-14H,5-7,10H2,1-2H3,(H,25,27)/t13-,14+/m1/s1. The largest absolute Gasteiger partial charge is 0.391 e. The van der Waals surface area contributed by atoms with E-state index in [4.69, 9.17) is 0 Å². The summed E-state index contributed by atoms with van der Waals surface area (Å²) in [6.07, 6.45) is -0.0334. The third-order valence-electron chi connectivity index (χ3n) is 4.94. The van der Waals surface area contributed by atoms with E-state index in [9.17, 15) is 18.0 Å². The van der Waals surface area contributed by atoms with E-state index in [0.29, 0.717) is 29.9 Å². The first-order valence-corrected chi connectivity index (χ1v) is 9.14. The van der Waals surface area contributed by atoms with Gasteiger partial charge in [0.1, 0.15) is 0 Å². The minimum Gasteiger partial charge on any atom is -0.349 e. The summed E-state index contributed by atoms with van der Waals surface area (Å²) in [5, 5.41) is 7.07. The van der Waals surface area contributed by atoms with Crippen LogP contribution in [0, 0.1) is 5.92 Å². The van der Waals surface area contributed by atoms with Gasteiger partial charge >= 0.3 is 6.18 Å². The van der Waals surface area contributed by atoms with Crippen LogP contribution in [0.15, 0.2) is 30.6 Å². The van der Waals surface area contributed by atoms with E-state index in [-0.39, 0.29) is 24.7 Å². The van der Waals surface area contributed by atoms with Crippen LogP contribution in [0.2, 0.25) is 0 Å². The fourth-order valence-electron chi connectivity index (χ4n) is 3.63. The number of rotatable bonds is 4. The monoisotopic (exact) mass is 380 g/mol. The van der Waals surface area contributed by atoms with Crippen molar-refractivity contribution in [3.8, 4) is 5.82 Å². The van der Waals surface area contributed by atoms with Gasteiger partial charge in [-0.15, -0.1) is 0 Å². The third-order valence-corrected chi connectivity index (χ3v) is 4.94. The van der Waals surface area contributed by atoms with Crippen LogP contribution in [-0.2, 0) is 0 Å². The summed E-state index contributed by atoms with van der Waals surface area (Å²) < 4.78 is 40.6. The second-order valence-electron chi connectivity index (χ2n) is 7.27. The maximum atomic E-state index is 13.0. The van der Waals surface area contributed by atoms with E-state index in [2.05, 4.69) is 15.4 Å². The zero-order valence-electron chi connectivity index (χ0n) is 15.3. The van der Waals surface area contributed by atoms with Gasteiger partial charge in [0.05, 0.1) is 23.4 Å². The highest BCUT2D eigenvalue weighted by molar-refractivity contribution is 5.95. The maximum Gasteiger partial charge on any atom is 0.391 e. The summed E-state index contributed by atoms with van der Waals surface area (Å²) in [5.41, 5.74) is 1.07. The first kappa shape index (κ1) is 19.4. The van der Waals surface area contributed by atoms with Crippen molar-refractivity contribution in [3.63, 3.8) is 0 Å². The molecule has 3 rings (SSSR count). The lowest BCUT2D eigenvalue weighted by Crippen LogP contribution is -2.41. The lowest BCUT2D eigenvalue weighted by atomic mass is 9.85. The Labute approximate surface area is 156 Å². The Balaban J connectivity index is 1.80. The number of hydrogen-bond donors (Lipinski definition) is 1. The van der Waals surface area contributed by atoms with Gasteiger partial charge < -0.3 is 5.32 Å². The minimum absolute atomic E-state index is 0.00969. The van der Waals surface area contributed by atoms with Gasteiger partial charge in [-0.2, -0.15) is 18.3 Å².